The zero-order chi connectivity index (χ0) is 23.8. The Kier molecular flexibility index (Phi) is 6.41. The number of aliphatic carboxylic acids is 1. The summed E-state index contributed by atoms with van der Waals surface area (Å²) in [5.74, 6) is -3.91. The van der Waals surface area contributed by atoms with Crippen LogP contribution >= 0.6 is 7.60 Å². The molecule has 5 atom stereocenters. The number of carbonyl (C=O) groups is 1. The number of rotatable bonds is 8. The molecule has 1 aliphatic rings. The highest BCUT2D eigenvalue weighted by atomic mass is 31.2. The van der Waals surface area contributed by atoms with Crippen molar-refractivity contribution >= 4 is 36.2 Å². The highest BCUT2D eigenvalue weighted by molar-refractivity contribution is 7.53. The lowest BCUT2D eigenvalue weighted by Gasteiger charge is -2.19. The number of carboxylic acid groups (broad SMARTS) is 1. The Morgan fingerprint density at radius 2 is 1.91 bits per heavy atom. The van der Waals surface area contributed by atoms with Crippen LogP contribution in [0, 0.1) is 0 Å². The molecule has 1 unspecified atom stereocenters. The molecule has 33 heavy (non-hydrogen) atoms. The van der Waals surface area contributed by atoms with E-state index in [1.807, 2.05) is 30.3 Å². The van der Waals surface area contributed by atoms with Crippen LogP contribution in [0.3, 0.4) is 0 Å². The first kappa shape index (κ1) is 23.2. The number of nitrogens with one attached hydrogen (secondary N) is 1. The molecule has 14 nitrogen and oxygen atoms in total. The SMILES string of the molecule is O=C(O)C(OC[C@H]1O[C@@H](n2cnc3c(Nc4ccccc4)ncnc32)[C@H](O)[C@H]1O)P(=O)(O)O. The molecule has 1 aromatic carbocycles. The Balaban J connectivity index is 1.54. The highest BCUT2D eigenvalue weighted by Gasteiger charge is 2.46. The minimum atomic E-state index is -5.11. The number of hydrogen-bond acceptors (Lipinski definition) is 10. The van der Waals surface area contributed by atoms with E-state index in [0.717, 1.165) is 5.69 Å². The minimum absolute atomic E-state index is 0.278. The number of nitrogens with zero attached hydrogens (tertiary/aromatic N) is 4. The zero-order valence-corrected chi connectivity index (χ0v) is 17.6. The van der Waals surface area contributed by atoms with E-state index < -0.39 is 50.6 Å². The molecule has 6 N–H and O–H groups in total. The van der Waals surface area contributed by atoms with Crippen molar-refractivity contribution in [1.82, 2.24) is 19.5 Å². The van der Waals surface area contributed by atoms with Crippen LogP contribution in [0.15, 0.2) is 43.0 Å². The van der Waals surface area contributed by atoms with E-state index in [4.69, 9.17) is 24.4 Å². The third-order valence-corrected chi connectivity index (χ3v) is 5.92. The fourth-order valence-corrected chi connectivity index (χ4v) is 3.95. The molecule has 2 aromatic heterocycles. The number of aliphatic hydroxyl groups is 2. The van der Waals surface area contributed by atoms with Crippen molar-refractivity contribution in [2.24, 2.45) is 0 Å². The number of para-hydroxylation sites is 1. The summed E-state index contributed by atoms with van der Waals surface area (Å²) in [4.78, 5) is 41.9. The van der Waals surface area contributed by atoms with Crippen molar-refractivity contribution in [1.29, 1.82) is 0 Å². The summed E-state index contributed by atoms with van der Waals surface area (Å²) in [6.45, 7) is -0.695. The fourth-order valence-electron chi connectivity index (χ4n) is 3.38. The van der Waals surface area contributed by atoms with E-state index in [9.17, 15) is 19.6 Å². The van der Waals surface area contributed by atoms with Gasteiger partial charge in [-0.05, 0) is 12.1 Å². The molecule has 0 spiro atoms. The van der Waals surface area contributed by atoms with E-state index in [-0.39, 0.29) is 5.65 Å². The second kappa shape index (κ2) is 9.11. The van der Waals surface area contributed by atoms with Crippen LogP contribution in [-0.2, 0) is 18.8 Å². The molecule has 15 heteroatoms. The fraction of sp³-hybridized carbons (Fsp3) is 0.333. The Morgan fingerprint density at radius 1 is 1.18 bits per heavy atom. The Bertz CT molecular complexity index is 1190. The van der Waals surface area contributed by atoms with Gasteiger partial charge in [-0.3, -0.25) is 9.13 Å². The standard InChI is InChI=1S/C18H20N5O9P/c24-12-10(6-31-18(17(26)27)33(28,29)30)32-16(13(12)25)23-8-21-11-14(19-7-20-15(11)23)22-9-4-2-1-3-5-9/h1-5,7-8,10,12-13,16,18,24-25H,6H2,(H,26,27)(H,19,20,22)(H2,28,29,30)/t10-,12+,13-,16-,18?/m1/s1. The third-order valence-electron chi connectivity index (χ3n) is 4.94. The van der Waals surface area contributed by atoms with E-state index in [2.05, 4.69) is 20.3 Å². The molecule has 0 amide bonds. The molecule has 176 valence electrons. The van der Waals surface area contributed by atoms with Crippen molar-refractivity contribution in [3.05, 3.63) is 43.0 Å². The number of imidazole rings is 1. The predicted molar refractivity (Wildman–Crippen MR) is 110 cm³/mol. The van der Waals surface area contributed by atoms with Crippen molar-refractivity contribution in [2.75, 3.05) is 11.9 Å². The van der Waals surface area contributed by atoms with Gasteiger partial charge in [0.25, 0.3) is 5.85 Å². The van der Waals surface area contributed by atoms with Crippen molar-refractivity contribution in [3.8, 4) is 0 Å². The molecule has 4 rings (SSSR count). The van der Waals surface area contributed by atoms with E-state index in [0.29, 0.717) is 11.3 Å². The van der Waals surface area contributed by atoms with Gasteiger partial charge in [0.2, 0.25) is 0 Å². The maximum atomic E-state index is 11.3. The molecular weight excluding hydrogens is 461 g/mol. The summed E-state index contributed by atoms with van der Waals surface area (Å²) in [7, 11) is -5.11. The summed E-state index contributed by atoms with van der Waals surface area (Å²) in [6.07, 6.45) is -2.88. The van der Waals surface area contributed by atoms with Gasteiger partial charge in [0.05, 0.1) is 12.9 Å². The lowest BCUT2D eigenvalue weighted by atomic mass is 10.1. The topological polar surface area (TPSA) is 209 Å². The van der Waals surface area contributed by atoms with Gasteiger partial charge in [-0.25, -0.2) is 19.7 Å². The molecule has 1 fully saturated rings. The summed E-state index contributed by atoms with van der Waals surface area (Å²) >= 11 is 0. The number of aromatic nitrogens is 4. The largest absolute Gasteiger partial charge is 0.479 e. The highest BCUT2D eigenvalue weighted by Crippen LogP contribution is 2.42. The average Bonchev–Trinajstić information content (AvgIpc) is 3.30. The Labute approximate surface area is 185 Å². The summed E-state index contributed by atoms with van der Waals surface area (Å²) in [5, 5.41) is 32.9. The number of hydrogen-bond donors (Lipinski definition) is 6. The Hall–Kier alpha value is -2.97. The molecule has 3 heterocycles. The second-order valence-corrected chi connectivity index (χ2v) is 8.84. The summed E-state index contributed by atoms with van der Waals surface area (Å²) < 4.78 is 23.0. The maximum Gasteiger partial charge on any atom is 0.365 e. The number of anilines is 2. The first-order chi connectivity index (χ1) is 15.7. The number of carboxylic acids is 1. The lowest BCUT2D eigenvalue weighted by molar-refractivity contribution is -0.149. The van der Waals surface area contributed by atoms with Crippen LogP contribution in [0.1, 0.15) is 6.23 Å². The minimum Gasteiger partial charge on any atom is -0.479 e. The van der Waals surface area contributed by atoms with Gasteiger partial charge >= 0.3 is 13.6 Å². The maximum absolute atomic E-state index is 11.3. The van der Waals surface area contributed by atoms with Gasteiger partial charge in [0.15, 0.2) is 23.2 Å². The van der Waals surface area contributed by atoms with Crippen molar-refractivity contribution < 1.29 is 43.9 Å². The van der Waals surface area contributed by atoms with Crippen LogP contribution in [0.4, 0.5) is 11.5 Å². The monoisotopic (exact) mass is 481 g/mol. The van der Waals surface area contributed by atoms with Crippen molar-refractivity contribution in [3.63, 3.8) is 0 Å². The van der Waals surface area contributed by atoms with Crippen LogP contribution in [0.25, 0.3) is 11.2 Å². The normalized spacial score (nSPS) is 24.1. The first-order valence-electron chi connectivity index (χ1n) is 9.57. The molecule has 0 bridgehead atoms. The van der Waals surface area contributed by atoms with Gasteiger partial charge in [-0.1, -0.05) is 18.2 Å². The average molecular weight is 481 g/mol. The van der Waals surface area contributed by atoms with Gasteiger partial charge < -0.3 is 39.9 Å². The van der Waals surface area contributed by atoms with Crippen LogP contribution in [-0.4, -0.2) is 81.4 Å². The molecular formula is C18H20N5O9P. The molecule has 0 saturated carbocycles. The quantitative estimate of drug-likeness (QED) is 0.230. The Morgan fingerprint density at radius 3 is 2.58 bits per heavy atom. The number of fused-ring (bicyclic) bond motifs is 1. The second-order valence-electron chi connectivity index (χ2n) is 7.20. The molecule has 0 aliphatic carbocycles. The number of benzene rings is 1. The molecule has 1 saturated heterocycles. The molecule has 1 aliphatic heterocycles. The summed E-state index contributed by atoms with van der Waals surface area (Å²) in [6, 6.07) is 9.20. The number of aliphatic hydroxyl groups excluding tert-OH is 2. The van der Waals surface area contributed by atoms with Gasteiger partial charge in [-0.2, -0.15) is 0 Å². The van der Waals surface area contributed by atoms with E-state index in [1.165, 1.54) is 17.2 Å². The smallest absolute Gasteiger partial charge is 0.365 e. The van der Waals surface area contributed by atoms with Crippen molar-refractivity contribution in [2.45, 2.75) is 30.4 Å². The molecule has 3 aromatic rings. The van der Waals surface area contributed by atoms with Crippen LogP contribution in [0.5, 0.6) is 0 Å². The predicted octanol–water partition coefficient (Wildman–Crippen LogP) is -0.206. The summed E-state index contributed by atoms with van der Waals surface area (Å²) in [5.41, 5.74) is 1.40. The third kappa shape index (κ3) is 4.72. The van der Waals surface area contributed by atoms with Crippen LogP contribution in [0.2, 0.25) is 0 Å². The zero-order valence-electron chi connectivity index (χ0n) is 16.7. The lowest BCUT2D eigenvalue weighted by Crippen LogP contribution is -2.36. The van der Waals surface area contributed by atoms with Crippen LogP contribution < -0.4 is 5.32 Å². The van der Waals surface area contributed by atoms with E-state index >= 15 is 0 Å². The molecule has 0 radical (unpaired) electrons. The number of ether oxygens (including phenoxy) is 2. The first-order valence-corrected chi connectivity index (χ1v) is 11.3. The van der Waals surface area contributed by atoms with Gasteiger partial charge in [-0.15, -0.1) is 0 Å². The van der Waals surface area contributed by atoms with Gasteiger partial charge in [0.1, 0.15) is 24.6 Å². The van der Waals surface area contributed by atoms with E-state index in [1.54, 1.807) is 0 Å². The van der Waals surface area contributed by atoms with Gasteiger partial charge in [0, 0.05) is 5.69 Å².